The minimum absolute atomic E-state index is 0.138. The van der Waals surface area contributed by atoms with Crippen molar-refractivity contribution in [3.05, 3.63) is 70.7 Å². The molecular formula is C18H18ClNO3. The predicted octanol–water partition coefficient (Wildman–Crippen LogP) is 3.87. The molecule has 1 fully saturated rings. The van der Waals surface area contributed by atoms with Crippen molar-refractivity contribution in [1.82, 2.24) is 5.06 Å². The Morgan fingerprint density at radius 2 is 1.91 bits per heavy atom. The molecule has 0 N–H and O–H groups in total. The van der Waals surface area contributed by atoms with Crippen LogP contribution < -0.4 is 0 Å². The van der Waals surface area contributed by atoms with Crippen molar-refractivity contribution < 1.29 is 14.4 Å². The molecule has 0 radical (unpaired) electrons. The molecular weight excluding hydrogens is 314 g/mol. The van der Waals surface area contributed by atoms with E-state index in [9.17, 15) is 4.79 Å². The fourth-order valence-electron chi connectivity index (χ4n) is 2.71. The third-order valence-electron chi connectivity index (χ3n) is 3.90. The van der Waals surface area contributed by atoms with E-state index in [1.807, 2.05) is 30.3 Å². The molecule has 0 bridgehead atoms. The zero-order valence-electron chi connectivity index (χ0n) is 12.8. The van der Waals surface area contributed by atoms with Gasteiger partial charge in [-0.05, 0) is 29.8 Å². The number of carbonyl (C=O) groups excluding carboxylic acids is 1. The van der Waals surface area contributed by atoms with E-state index < -0.39 is 0 Å². The third kappa shape index (κ3) is 3.91. The van der Waals surface area contributed by atoms with Crippen LogP contribution in [0.5, 0.6) is 0 Å². The first-order valence-electron chi connectivity index (χ1n) is 7.51. The van der Waals surface area contributed by atoms with Crippen molar-refractivity contribution in [3.8, 4) is 0 Å². The lowest BCUT2D eigenvalue weighted by molar-refractivity contribution is -0.153. The van der Waals surface area contributed by atoms with E-state index in [-0.39, 0.29) is 24.7 Å². The Labute approximate surface area is 140 Å². The molecule has 0 aromatic heterocycles. The fourth-order valence-corrected chi connectivity index (χ4v) is 2.83. The maximum atomic E-state index is 12.0. The van der Waals surface area contributed by atoms with Gasteiger partial charge in [0.25, 0.3) is 0 Å². The van der Waals surface area contributed by atoms with Gasteiger partial charge in [0, 0.05) is 18.5 Å². The summed E-state index contributed by atoms with van der Waals surface area (Å²) >= 11 is 5.81. The van der Waals surface area contributed by atoms with Crippen LogP contribution >= 0.6 is 11.6 Å². The van der Waals surface area contributed by atoms with Crippen LogP contribution in [0.3, 0.4) is 0 Å². The number of hydroxylamine groups is 2. The lowest BCUT2D eigenvalue weighted by Gasteiger charge is -2.17. The summed E-state index contributed by atoms with van der Waals surface area (Å²) < 4.78 is 5.35. The Morgan fingerprint density at radius 1 is 1.22 bits per heavy atom. The number of hydrogen-bond acceptors (Lipinski definition) is 4. The average Bonchev–Trinajstić information content (AvgIpc) is 2.95. The molecule has 0 spiro atoms. The topological polar surface area (TPSA) is 38.8 Å². The number of carbonyl (C=O) groups is 1. The number of hydrogen-bond donors (Lipinski definition) is 0. The van der Waals surface area contributed by atoms with Gasteiger partial charge in [-0.3, -0.25) is 4.84 Å². The number of esters is 1. The molecule has 1 aliphatic rings. The molecule has 2 aromatic rings. The van der Waals surface area contributed by atoms with Gasteiger partial charge in [0.05, 0.1) is 11.6 Å². The molecule has 3 rings (SSSR count). The molecule has 0 unspecified atom stereocenters. The van der Waals surface area contributed by atoms with Crippen LogP contribution in [0.15, 0.2) is 54.6 Å². The summed E-state index contributed by atoms with van der Waals surface area (Å²) in [5.41, 5.74) is 1.68. The summed E-state index contributed by atoms with van der Waals surface area (Å²) in [5, 5.41) is 2.42. The van der Waals surface area contributed by atoms with Crippen LogP contribution in [0.1, 0.15) is 28.4 Å². The van der Waals surface area contributed by atoms with E-state index in [1.165, 1.54) is 5.56 Å². The second kappa shape index (κ2) is 7.13. The van der Waals surface area contributed by atoms with Crippen LogP contribution in [-0.4, -0.2) is 30.8 Å². The Hall–Kier alpha value is -1.88. The number of ether oxygens (including phenoxy) is 1. The zero-order chi connectivity index (χ0) is 16.2. The molecule has 0 amide bonds. The SMILES string of the molecule is CN1O[C@H](COC(=O)c2ccc(Cl)cc2)C[C@@H]1c1ccccc1. The molecule has 1 aliphatic heterocycles. The van der Waals surface area contributed by atoms with Gasteiger partial charge in [-0.15, -0.1) is 0 Å². The summed E-state index contributed by atoms with van der Waals surface area (Å²) in [6.07, 6.45) is 0.649. The normalized spacial score (nSPS) is 21.3. The number of rotatable bonds is 4. The molecule has 0 aliphatic carbocycles. The highest BCUT2D eigenvalue weighted by Gasteiger charge is 2.32. The zero-order valence-corrected chi connectivity index (χ0v) is 13.6. The highest BCUT2D eigenvalue weighted by Crippen LogP contribution is 2.32. The van der Waals surface area contributed by atoms with Gasteiger partial charge in [0.15, 0.2) is 0 Å². The van der Waals surface area contributed by atoms with Gasteiger partial charge in [0.2, 0.25) is 0 Å². The van der Waals surface area contributed by atoms with E-state index in [1.54, 1.807) is 24.3 Å². The van der Waals surface area contributed by atoms with Gasteiger partial charge in [-0.1, -0.05) is 41.9 Å². The highest BCUT2D eigenvalue weighted by atomic mass is 35.5. The van der Waals surface area contributed by atoms with Crippen molar-refractivity contribution in [2.75, 3.05) is 13.7 Å². The lowest BCUT2D eigenvalue weighted by Crippen LogP contribution is -2.20. The standard InChI is InChI=1S/C18H18ClNO3/c1-20-17(13-5-3-2-4-6-13)11-16(23-20)12-22-18(21)14-7-9-15(19)10-8-14/h2-10,16-17H,11-12H2,1H3/t16-,17+/m0/s1. The summed E-state index contributed by atoms with van der Waals surface area (Å²) in [6.45, 7) is 0.231. The maximum Gasteiger partial charge on any atom is 0.338 e. The van der Waals surface area contributed by atoms with E-state index in [4.69, 9.17) is 21.2 Å². The first-order valence-corrected chi connectivity index (χ1v) is 7.88. The van der Waals surface area contributed by atoms with Gasteiger partial charge >= 0.3 is 5.97 Å². The van der Waals surface area contributed by atoms with Crippen LogP contribution in [-0.2, 0) is 9.57 Å². The molecule has 2 atom stereocenters. The van der Waals surface area contributed by atoms with E-state index in [2.05, 4.69) is 12.1 Å². The number of nitrogens with zero attached hydrogens (tertiary/aromatic N) is 1. The van der Waals surface area contributed by atoms with Crippen LogP contribution in [0.25, 0.3) is 0 Å². The minimum atomic E-state index is -0.365. The summed E-state index contributed by atoms with van der Waals surface area (Å²) in [7, 11) is 1.90. The number of halogens is 1. The number of benzene rings is 2. The first-order chi connectivity index (χ1) is 11.1. The summed E-state index contributed by atoms with van der Waals surface area (Å²) in [4.78, 5) is 17.8. The Morgan fingerprint density at radius 3 is 2.61 bits per heavy atom. The highest BCUT2D eigenvalue weighted by molar-refractivity contribution is 6.30. The molecule has 1 saturated heterocycles. The summed E-state index contributed by atoms with van der Waals surface area (Å²) in [5.74, 6) is -0.365. The summed E-state index contributed by atoms with van der Waals surface area (Å²) in [6, 6.07) is 17.0. The van der Waals surface area contributed by atoms with Crippen molar-refractivity contribution in [3.63, 3.8) is 0 Å². The monoisotopic (exact) mass is 331 g/mol. The molecule has 23 heavy (non-hydrogen) atoms. The van der Waals surface area contributed by atoms with Crippen molar-refractivity contribution in [1.29, 1.82) is 0 Å². The fraction of sp³-hybridized carbons (Fsp3) is 0.278. The Kier molecular flexibility index (Phi) is 4.96. The van der Waals surface area contributed by atoms with Crippen molar-refractivity contribution in [2.24, 2.45) is 0 Å². The largest absolute Gasteiger partial charge is 0.459 e. The first kappa shape index (κ1) is 16.0. The molecule has 2 aromatic carbocycles. The smallest absolute Gasteiger partial charge is 0.338 e. The molecule has 1 heterocycles. The van der Waals surface area contributed by atoms with Crippen LogP contribution in [0.2, 0.25) is 5.02 Å². The Balaban J connectivity index is 1.55. The average molecular weight is 332 g/mol. The lowest BCUT2D eigenvalue weighted by atomic mass is 10.0. The van der Waals surface area contributed by atoms with Crippen LogP contribution in [0, 0.1) is 0 Å². The molecule has 120 valence electrons. The van der Waals surface area contributed by atoms with E-state index >= 15 is 0 Å². The Bertz CT molecular complexity index is 660. The molecule has 0 saturated carbocycles. The molecule has 4 nitrogen and oxygen atoms in total. The second-order valence-electron chi connectivity index (χ2n) is 5.54. The third-order valence-corrected chi connectivity index (χ3v) is 4.16. The van der Waals surface area contributed by atoms with E-state index in [0.717, 1.165) is 6.42 Å². The van der Waals surface area contributed by atoms with E-state index in [0.29, 0.717) is 10.6 Å². The minimum Gasteiger partial charge on any atom is -0.459 e. The van der Waals surface area contributed by atoms with Crippen molar-refractivity contribution >= 4 is 17.6 Å². The molecule has 5 heteroatoms. The van der Waals surface area contributed by atoms with Gasteiger partial charge in [-0.25, -0.2) is 4.79 Å². The van der Waals surface area contributed by atoms with Crippen LogP contribution in [0.4, 0.5) is 0 Å². The predicted molar refractivity (Wildman–Crippen MR) is 88.2 cm³/mol. The maximum absolute atomic E-state index is 12.0. The van der Waals surface area contributed by atoms with Gasteiger partial charge in [-0.2, -0.15) is 5.06 Å². The quantitative estimate of drug-likeness (QED) is 0.797. The van der Waals surface area contributed by atoms with Gasteiger partial charge < -0.3 is 4.74 Å². The van der Waals surface area contributed by atoms with Gasteiger partial charge in [0.1, 0.15) is 12.7 Å². The second-order valence-corrected chi connectivity index (χ2v) is 5.98. The van der Waals surface area contributed by atoms with Crippen molar-refractivity contribution in [2.45, 2.75) is 18.6 Å².